The number of nitrogens with one attached hydrogen (secondary N) is 2. The molecule has 0 heterocycles. The Morgan fingerprint density at radius 1 is 1.38 bits per heavy atom. The Balaban J connectivity index is 1.75. The topological polar surface area (TPSA) is 91.2 Å². The molecule has 6 heteroatoms. The van der Waals surface area contributed by atoms with E-state index in [4.69, 9.17) is 10.00 Å². The number of ether oxygens (including phenoxy) is 1. The lowest BCUT2D eigenvalue weighted by molar-refractivity contribution is -0.130. The van der Waals surface area contributed by atoms with Gasteiger partial charge in [0.05, 0.1) is 18.2 Å². The van der Waals surface area contributed by atoms with E-state index in [2.05, 4.69) is 10.6 Å². The van der Waals surface area contributed by atoms with E-state index in [9.17, 15) is 9.59 Å². The molecular formula is C15H17N3O3. The summed E-state index contributed by atoms with van der Waals surface area (Å²) in [4.78, 5) is 23.3. The van der Waals surface area contributed by atoms with Crippen LogP contribution in [0, 0.1) is 11.3 Å². The van der Waals surface area contributed by atoms with Gasteiger partial charge in [0.15, 0.2) is 6.10 Å². The quantitative estimate of drug-likeness (QED) is 0.806. The smallest absolute Gasteiger partial charge is 0.261 e. The minimum absolute atomic E-state index is 0.0452. The molecule has 1 aromatic carbocycles. The first-order chi connectivity index (χ1) is 10.1. The molecule has 0 spiro atoms. The van der Waals surface area contributed by atoms with E-state index in [-0.39, 0.29) is 24.4 Å². The molecule has 2 amide bonds. The lowest BCUT2D eigenvalue weighted by atomic mass is 10.2. The molecule has 1 aromatic rings. The molecule has 1 atom stereocenters. The van der Waals surface area contributed by atoms with E-state index >= 15 is 0 Å². The van der Waals surface area contributed by atoms with Crippen molar-refractivity contribution in [3.8, 4) is 11.8 Å². The average molecular weight is 287 g/mol. The highest BCUT2D eigenvalue weighted by atomic mass is 16.5. The Kier molecular flexibility index (Phi) is 4.77. The lowest BCUT2D eigenvalue weighted by Crippen LogP contribution is -2.42. The zero-order valence-corrected chi connectivity index (χ0v) is 11.8. The monoisotopic (exact) mass is 287 g/mol. The predicted molar refractivity (Wildman–Crippen MR) is 75.4 cm³/mol. The zero-order valence-electron chi connectivity index (χ0n) is 11.8. The number of carbonyl (C=O) groups is 2. The van der Waals surface area contributed by atoms with Crippen LogP contribution in [0.3, 0.4) is 0 Å². The van der Waals surface area contributed by atoms with Crippen molar-refractivity contribution in [2.45, 2.75) is 31.9 Å². The van der Waals surface area contributed by atoms with Crippen molar-refractivity contribution in [1.29, 1.82) is 5.26 Å². The summed E-state index contributed by atoms with van der Waals surface area (Å²) in [5, 5.41) is 14.0. The molecule has 0 saturated heterocycles. The van der Waals surface area contributed by atoms with Gasteiger partial charge in [-0.1, -0.05) is 0 Å². The van der Waals surface area contributed by atoms with Crippen molar-refractivity contribution in [1.82, 2.24) is 10.6 Å². The number of hydrogen-bond acceptors (Lipinski definition) is 4. The normalized spacial score (nSPS) is 14.7. The molecule has 0 aliphatic heterocycles. The van der Waals surface area contributed by atoms with Crippen LogP contribution < -0.4 is 15.4 Å². The predicted octanol–water partition coefficient (Wildman–Crippen LogP) is 0.720. The van der Waals surface area contributed by atoms with E-state index in [0.717, 1.165) is 12.8 Å². The number of hydrogen-bond donors (Lipinski definition) is 2. The summed E-state index contributed by atoms with van der Waals surface area (Å²) in [6.45, 7) is 1.56. The summed E-state index contributed by atoms with van der Waals surface area (Å²) in [6, 6.07) is 8.77. The molecule has 1 aliphatic rings. The first-order valence-corrected chi connectivity index (χ1v) is 6.82. The van der Waals surface area contributed by atoms with E-state index in [0.29, 0.717) is 11.3 Å². The summed E-state index contributed by atoms with van der Waals surface area (Å²) >= 11 is 0. The standard InChI is InChI=1S/C15H17N3O3/c1-10(21-13-6-2-11(8-16)3-7-13)15(20)17-9-14(19)18-12-4-5-12/h2-3,6-7,10,12H,4-5,9H2,1H3,(H,17,20)(H,18,19)/t10-/m1/s1. The van der Waals surface area contributed by atoms with Gasteiger partial charge in [0.1, 0.15) is 5.75 Å². The molecule has 2 N–H and O–H groups in total. The van der Waals surface area contributed by atoms with Gasteiger partial charge in [-0.25, -0.2) is 0 Å². The molecule has 1 saturated carbocycles. The zero-order chi connectivity index (χ0) is 15.2. The Morgan fingerprint density at radius 3 is 2.62 bits per heavy atom. The highest BCUT2D eigenvalue weighted by Crippen LogP contribution is 2.18. The van der Waals surface area contributed by atoms with Gasteiger partial charge in [-0.15, -0.1) is 0 Å². The van der Waals surface area contributed by atoms with Crippen LogP contribution in [-0.2, 0) is 9.59 Å². The van der Waals surface area contributed by atoms with Crippen LogP contribution in [0.2, 0.25) is 0 Å². The Labute approximate surface area is 123 Å². The number of rotatable bonds is 6. The van der Waals surface area contributed by atoms with E-state index < -0.39 is 6.10 Å². The molecule has 21 heavy (non-hydrogen) atoms. The van der Waals surface area contributed by atoms with E-state index in [1.807, 2.05) is 6.07 Å². The maximum atomic E-state index is 11.8. The van der Waals surface area contributed by atoms with Crippen molar-refractivity contribution in [3.63, 3.8) is 0 Å². The van der Waals surface area contributed by atoms with Crippen LogP contribution in [0.25, 0.3) is 0 Å². The number of carbonyl (C=O) groups excluding carboxylic acids is 2. The van der Waals surface area contributed by atoms with Gasteiger partial charge in [0.25, 0.3) is 5.91 Å². The van der Waals surface area contributed by atoms with E-state index in [1.165, 1.54) is 0 Å². The van der Waals surface area contributed by atoms with Crippen molar-refractivity contribution in [3.05, 3.63) is 29.8 Å². The maximum absolute atomic E-state index is 11.8. The highest BCUT2D eigenvalue weighted by molar-refractivity contribution is 5.87. The van der Waals surface area contributed by atoms with Crippen LogP contribution in [0.15, 0.2) is 24.3 Å². The number of benzene rings is 1. The average Bonchev–Trinajstić information content (AvgIpc) is 3.29. The van der Waals surface area contributed by atoms with Gasteiger partial charge in [0, 0.05) is 6.04 Å². The fourth-order valence-electron chi connectivity index (χ4n) is 1.68. The number of nitriles is 1. The molecule has 0 radical (unpaired) electrons. The molecular weight excluding hydrogens is 270 g/mol. The van der Waals surface area contributed by atoms with Crippen LogP contribution in [-0.4, -0.2) is 30.5 Å². The van der Waals surface area contributed by atoms with Gasteiger partial charge in [-0.2, -0.15) is 5.26 Å². The third-order valence-electron chi connectivity index (χ3n) is 3.03. The summed E-state index contributed by atoms with van der Waals surface area (Å²) in [6.07, 6.45) is 1.31. The molecule has 0 bridgehead atoms. The highest BCUT2D eigenvalue weighted by Gasteiger charge is 2.23. The fraction of sp³-hybridized carbons (Fsp3) is 0.400. The molecule has 0 unspecified atom stereocenters. The molecule has 110 valence electrons. The van der Waals surface area contributed by atoms with Gasteiger partial charge in [-0.3, -0.25) is 9.59 Å². The van der Waals surface area contributed by atoms with Gasteiger partial charge >= 0.3 is 0 Å². The number of nitrogens with zero attached hydrogens (tertiary/aromatic N) is 1. The van der Waals surface area contributed by atoms with Crippen molar-refractivity contribution >= 4 is 11.8 Å². The summed E-state index contributed by atoms with van der Waals surface area (Å²) in [7, 11) is 0. The summed E-state index contributed by atoms with van der Waals surface area (Å²) < 4.78 is 5.45. The van der Waals surface area contributed by atoms with Gasteiger partial charge < -0.3 is 15.4 Å². The maximum Gasteiger partial charge on any atom is 0.261 e. The second kappa shape index (κ2) is 6.75. The Morgan fingerprint density at radius 2 is 2.05 bits per heavy atom. The molecule has 1 fully saturated rings. The van der Waals surface area contributed by atoms with Crippen LogP contribution >= 0.6 is 0 Å². The van der Waals surface area contributed by atoms with Crippen LogP contribution in [0.5, 0.6) is 5.75 Å². The van der Waals surface area contributed by atoms with Crippen molar-refractivity contribution in [2.24, 2.45) is 0 Å². The number of amides is 2. The van der Waals surface area contributed by atoms with Crippen LogP contribution in [0.4, 0.5) is 0 Å². The Hall–Kier alpha value is -2.55. The largest absolute Gasteiger partial charge is 0.481 e. The summed E-state index contributed by atoms with van der Waals surface area (Å²) in [5.41, 5.74) is 0.524. The minimum atomic E-state index is -0.716. The SMILES string of the molecule is C[C@@H](Oc1ccc(C#N)cc1)C(=O)NCC(=O)NC1CC1. The second-order valence-electron chi connectivity index (χ2n) is 4.96. The van der Waals surface area contributed by atoms with Crippen molar-refractivity contribution < 1.29 is 14.3 Å². The lowest BCUT2D eigenvalue weighted by Gasteiger charge is -2.14. The third-order valence-corrected chi connectivity index (χ3v) is 3.03. The second-order valence-corrected chi connectivity index (χ2v) is 4.96. The van der Waals surface area contributed by atoms with Crippen LogP contribution in [0.1, 0.15) is 25.3 Å². The Bertz CT molecular complexity index is 559. The third kappa shape index (κ3) is 4.80. The minimum Gasteiger partial charge on any atom is -0.481 e. The molecule has 2 rings (SSSR count). The molecule has 1 aliphatic carbocycles. The first-order valence-electron chi connectivity index (χ1n) is 6.82. The van der Waals surface area contributed by atoms with Crippen molar-refractivity contribution in [2.75, 3.05) is 6.54 Å². The molecule has 6 nitrogen and oxygen atoms in total. The fourth-order valence-corrected chi connectivity index (χ4v) is 1.68. The van der Waals surface area contributed by atoms with E-state index in [1.54, 1.807) is 31.2 Å². The first kappa shape index (κ1) is 14.9. The summed E-state index contributed by atoms with van der Waals surface area (Å²) in [5.74, 6) is -0.0409. The van der Waals surface area contributed by atoms with Gasteiger partial charge in [-0.05, 0) is 44.0 Å². The van der Waals surface area contributed by atoms with Gasteiger partial charge in [0.2, 0.25) is 5.91 Å². The molecule has 0 aromatic heterocycles.